The molecule has 6 nitrogen and oxygen atoms in total. The second kappa shape index (κ2) is 9.67. The van der Waals surface area contributed by atoms with E-state index in [0.29, 0.717) is 24.6 Å². The molecule has 0 aliphatic heterocycles. The van der Waals surface area contributed by atoms with Gasteiger partial charge in [-0.3, -0.25) is 5.43 Å². The number of pyridine rings is 1. The van der Waals surface area contributed by atoms with E-state index in [4.69, 9.17) is 9.47 Å². The fourth-order valence-electron chi connectivity index (χ4n) is 2.32. The number of hydrazone groups is 1. The van der Waals surface area contributed by atoms with Gasteiger partial charge in [-0.2, -0.15) is 10.4 Å². The molecule has 0 amide bonds. The summed E-state index contributed by atoms with van der Waals surface area (Å²) in [6.45, 7) is 4.70. The van der Waals surface area contributed by atoms with Gasteiger partial charge in [-0.1, -0.05) is 0 Å². The van der Waals surface area contributed by atoms with Gasteiger partial charge in [0.25, 0.3) is 0 Å². The van der Waals surface area contributed by atoms with Crippen molar-refractivity contribution < 1.29 is 9.47 Å². The molecule has 0 fully saturated rings. The van der Waals surface area contributed by atoms with Crippen LogP contribution in [0.3, 0.4) is 0 Å². The largest absolute Gasteiger partial charge is 0.492 e. The molecule has 0 saturated carbocycles. The zero-order chi connectivity index (χ0) is 19.1. The third kappa shape index (κ3) is 5.04. The second-order valence-corrected chi connectivity index (χ2v) is 7.02. The first kappa shape index (κ1) is 20.4. The van der Waals surface area contributed by atoms with Gasteiger partial charge in [-0.05, 0) is 69.5 Å². The van der Waals surface area contributed by atoms with E-state index in [2.05, 4.69) is 53.4 Å². The van der Waals surface area contributed by atoms with Crippen molar-refractivity contribution in [2.75, 3.05) is 19.1 Å². The normalized spacial score (nSPS) is 10.8. The summed E-state index contributed by atoms with van der Waals surface area (Å²) in [7, 11) is 1.59. The fourth-order valence-corrected chi connectivity index (χ4v) is 3.77. The topological polar surface area (TPSA) is 79.5 Å². The number of methoxy groups -OCH3 is 1. The summed E-state index contributed by atoms with van der Waals surface area (Å²) in [6.07, 6.45) is 1.65. The number of aromatic nitrogens is 1. The predicted octanol–water partition coefficient (Wildman–Crippen LogP) is 4.78. The Kier molecular flexibility index (Phi) is 7.57. The van der Waals surface area contributed by atoms with Crippen LogP contribution >= 0.6 is 31.9 Å². The van der Waals surface area contributed by atoms with E-state index in [0.717, 1.165) is 31.5 Å². The van der Waals surface area contributed by atoms with Crippen molar-refractivity contribution in [3.05, 3.63) is 49.5 Å². The molecule has 26 heavy (non-hydrogen) atoms. The van der Waals surface area contributed by atoms with Gasteiger partial charge in [0.05, 0.1) is 28.4 Å². The molecule has 0 saturated heterocycles. The van der Waals surface area contributed by atoms with Crippen LogP contribution < -0.4 is 10.2 Å². The summed E-state index contributed by atoms with van der Waals surface area (Å²) in [5.41, 5.74) is 5.67. The summed E-state index contributed by atoms with van der Waals surface area (Å²) in [5, 5.41) is 13.6. The minimum atomic E-state index is 0.337. The summed E-state index contributed by atoms with van der Waals surface area (Å²) in [4.78, 5) is 4.35. The Hall–Kier alpha value is -1.95. The molecule has 2 rings (SSSR count). The van der Waals surface area contributed by atoms with Crippen LogP contribution in [0, 0.1) is 18.3 Å². The van der Waals surface area contributed by atoms with Crippen molar-refractivity contribution in [3.8, 4) is 11.8 Å². The number of nitriles is 1. The van der Waals surface area contributed by atoms with Gasteiger partial charge in [-0.25, -0.2) is 4.98 Å². The number of rotatable bonds is 7. The highest BCUT2D eigenvalue weighted by Gasteiger charge is 2.11. The first-order valence-electron chi connectivity index (χ1n) is 7.80. The third-order valence-electron chi connectivity index (χ3n) is 3.33. The maximum absolute atomic E-state index is 9.42. The molecule has 2 aromatic rings. The lowest BCUT2D eigenvalue weighted by Gasteiger charge is -2.10. The maximum Gasteiger partial charge on any atom is 0.164 e. The van der Waals surface area contributed by atoms with Gasteiger partial charge in [0.2, 0.25) is 0 Å². The first-order valence-corrected chi connectivity index (χ1v) is 9.39. The van der Waals surface area contributed by atoms with Crippen LogP contribution in [-0.2, 0) is 11.3 Å². The molecular formula is C18H18Br2N4O2. The summed E-state index contributed by atoms with van der Waals surface area (Å²) >= 11 is 6.98. The molecule has 136 valence electrons. The Morgan fingerprint density at radius 2 is 2.00 bits per heavy atom. The molecule has 0 unspecified atom stereocenters. The van der Waals surface area contributed by atoms with Crippen LogP contribution in [0.5, 0.6) is 5.75 Å². The van der Waals surface area contributed by atoms with Crippen LogP contribution in [0.15, 0.2) is 32.2 Å². The molecule has 0 radical (unpaired) electrons. The molecule has 1 aromatic carbocycles. The van der Waals surface area contributed by atoms with Gasteiger partial charge in [0.1, 0.15) is 17.4 Å². The van der Waals surface area contributed by atoms with Crippen molar-refractivity contribution in [2.45, 2.75) is 20.5 Å². The zero-order valence-corrected chi connectivity index (χ0v) is 17.8. The lowest BCUT2D eigenvalue weighted by Crippen LogP contribution is -2.03. The minimum absolute atomic E-state index is 0.337. The quantitative estimate of drug-likeness (QED) is 0.454. The van der Waals surface area contributed by atoms with E-state index in [9.17, 15) is 5.26 Å². The van der Waals surface area contributed by atoms with Crippen LogP contribution in [-0.4, -0.2) is 24.9 Å². The molecule has 0 aliphatic rings. The second-order valence-electron chi connectivity index (χ2n) is 5.31. The molecule has 1 N–H and O–H groups in total. The van der Waals surface area contributed by atoms with Crippen molar-refractivity contribution in [1.29, 1.82) is 5.26 Å². The van der Waals surface area contributed by atoms with E-state index >= 15 is 0 Å². The van der Waals surface area contributed by atoms with E-state index in [1.165, 1.54) is 0 Å². The maximum atomic E-state index is 9.42. The van der Waals surface area contributed by atoms with Crippen molar-refractivity contribution in [2.24, 2.45) is 5.10 Å². The third-order valence-corrected chi connectivity index (χ3v) is 4.51. The molecule has 0 aliphatic carbocycles. The van der Waals surface area contributed by atoms with Crippen LogP contribution in [0.1, 0.15) is 29.3 Å². The number of benzene rings is 1. The summed E-state index contributed by atoms with van der Waals surface area (Å²) in [5.74, 6) is 1.15. The smallest absolute Gasteiger partial charge is 0.164 e. The number of aryl methyl sites for hydroxylation is 1. The van der Waals surface area contributed by atoms with Crippen LogP contribution in [0.25, 0.3) is 0 Å². The highest BCUT2D eigenvalue weighted by molar-refractivity contribution is 9.11. The lowest BCUT2D eigenvalue weighted by molar-refractivity contribution is 0.184. The minimum Gasteiger partial charge on any atom is -0.492 e. The summed E-state index contributed by atoms with van der Waals surface area (Å²) < 4.78 is 12.4. The Balaban J connectivity index is 2.25. The number of nitrogens with zero attached hydrogens (tertiary/aromatic N) is 3. The Labute approximate surface area is 169 Å². The number of halogens is 2. The Morgan fingerprint density at radius 3 is 2.58 bits per heavy atom. The van der Waals surface area contributed by atoms with Crippen LogP contribution in [0.2, 0.25) is 0 Å². The van der Waals surface area contributed by atoms with Gasteiger partial charge in [-0.15, -0.1) is 0 Å². The number of hydrogen-bond acceptors (Lipinski definition) is 6. The zero-order valence-electron chi connectivity index (χ0n) is 14.6. The first-order chi connectivity index (χ1) is 12.5. The molecule has 8 heteroatoms. The van der Waals surface area contributed by atoms with E-state index < -0.39 is 0 Å². The predicted molar refractivity (Wildman–Crippen MR) is 109 cm³/mol. The van der Waals surface area contributed by atoms with Gasteiger partial charge >= 0.3 is 0 Å². The van der Waals surface area contributed by atoms with Gasteiger partial charge in [0, 0.05) is 18.4 Å². The fraction of sp³-hybridized carbons (Fsp3) is 0.278. The average Bonchev–Trinajstić information content (AvgIpc) is 2.58. The Morgan fingerprint density at radius 1 is 1.31 bits per heavy atom. The molecular weight excluding hydrogens is 464 g/mol. The average molecular weight is 482 g/mol. The van der Waals surface area contributed by atoms with E-state index in [-0.39, 0.29) is 0 Å². The van der Waals surface area contributed by atoms with Crippen molar-refractivity contribution in [3.63, 3.8) is 0 Å². The number of nitrogens with one attached hydrogen (secondary N) is 1. The summed E-state index contributed by atoms with van der Waals surface area (Å²) in [6, 6.07) is 7.78. The molecule has 0 bridgehead atoms. The van der Waals surface area contributed by atoms with Crippen molar-refractivity contribution in [1.82, 2.24) is 4.98 Å². The standard InChI is InChI=1S/C18H18Br2N4O2/c1-4-26-17-15(19)6-12(7-16(17)20)9-22-24-18-14(8-21)13(10-25-3)5-11(2)23-18/h5-7,9H,4,10H2,1-3H3,(H,23,24)/b22-9-. The SMILES string of the molecule is CCOc1c(Br)cc(/C=N\Nc2nc(C)cc(COC)c2C#N)cc1Br. The lowest BCUT2D eigenvalue weighted by atomic mass is 10.1. The number of hydrogen-bond donors (Lipinski definition) is 1. The van der Waals surface area contributed by atoms with Gasteiger partial charge < -0.3 is 9.47 Å². The van der Waals surface area contributed by atoms with E-state index in [1.807, 2.05) is 32.0 Å². The molecule has 1 heterocycles. The molecule has 0 atom stereocenters. The number of ether oxygens (including phenoxy) is 2. The Bertz CT molecular complexity index is 840. The molecule has 1 aromatic heterocycles. The highest BCUT2D eigenvalue weighted by Crippen LogP contribution is 2.34. The van der Waals surface area contributed by atoms with Crippen molar-refractivity contribution >= 4 is 43.9 Å². The van der Waals surface area contributed by atoms with E-state index in [1.54, 1.807) is 13.3 Å². The monoisotopic (exact) mass is 480 g/mol. The molecule has 0 spiro atoms. The van der Waals surface area contributed by atoms with Gasteiger partial charge in [0.15, 0.2) is 5.82 Å². The highest BCUT2D eigenvalue weighted by atomic mass is 79.9. The van der Waals surface area contributed by atoms with Crippen LogP contribution in [0.4, 0.5) is 5.82 Å². The number of anilines is 1.